The van der Waals surface area contributed by atoms with E-state index in [-0.39, 0.29) is 0 Å². The maximum Gasteiger partial charge on any atom is 0.222 e. The van der Waals surface area contributed by atoms with Gasteiger partial charge in [-0.2, -0.15) is 0 Å². The zero-order chi connectivity index (χ0) is 10.3. The molecular formula is C11H20N2O. The topological polar surface area (TPSA) is 46.3 Å². The molecule has 0 aromatic carbocycles. The predicted molar refractivity (Wildman–Crippen MR) is 55.6 cm³/mol. The maximum atomic E-state index is 11.8. The smallest absolute Gasteiger partial charge is 0.222 e. The highest BCUT2D eigenvalue weighted by atomic mass is 16.2. The van der Waals surface area contributed by atoms with E-state index in [1.165, 1.54) is 6.42 Å². The summed E-state index contributed by atoms with van der Waals surface area (Å²) in [6.45, 7) is 6.00. The summed E-state index contributed by atoms with van der Waals surface area (Å²) in [5, 5.41) is 0. The lowest BCUT2D eigenvalue weighted by molar-refractivity contribution is -0.139. The largest absolute Gasteiger partial charge is 0.342 e. The van der Waals surface area contributed by atoms with E-state index < -0.39 is 0 Å². The Balaban J connectivity index is 1.86. The van der Waals surface area contributed by atoms with E-state index in [9.17, 15) is 4.79 Å². The fourth-order valence-electron chi connectivity index (χ4n) is 2.61. The number of fused-ring (bicyclic) bond motifs is 2. The Labute approximate surface area is 85.6 Å². The molecule has 2 unspecified atom stereocenters. The van der Waals surface area contributed by atoms with Crippen molar-refractivity contribution in [1.29, 1.82) is 0 Å². The van der Waals surface area contributed by atoms with Gasteiger partial charge in [-0.05, 0) is 24.2 Å². The monoisotopic (exact) mass is 196 g/mol. The third-order valence-corrected chi connectivity index (χ3v) is 3.54. The first-order chi connectivity index (χ1) is 6.58. The van der Waals surface area contributed by atoms with E-state index in [1.54, 1.807) is 0 Å². The van der Waals surface area contributed by atoms with Gasteiger partial charge >= 0.3 is 0 Å². The van der Waals surface area contributed by atoms with E-state index >= 15 is 0 Å². The number of nitrogens with zero attached hydrogens (tertiary/aromatic N) is 1. The lowest BCUT2D eigenvalue weighted by atomic mass is 9.66. The Morgan fingerprint density at radius 3 is 2.43 bits per heavy atom. The first kappa shape index (κ1) is 9.97. The van der Waals surface area contributed by atoms with Crippen LogP contribution >= 0.6 is 0 Å². The molecule has 2 N–H and O–H groups in total. The number of piperidine rings is 2. The van der Waals surface area contributed by atoms with Crippen LogP contribution < -0.4 is 5.73 Å². The number of rotatable bonds is 2. The molecule has 2 atom stereocenters. The minimum atomic E-state index is 0.321. The fourth-order valence-corrected chi connectivity index (χ4v) is 2.61. The van der Waals surface area contributed by atoms with Crippen molar-refractivity contribution < 1.29 is 4.79 Å². The minimum absolute atomic E-state index is 0.321. The average molecular weight is 196 g/mol. The van der Waals surface area contributed by atoms with Crippen molar-refractivity contribution in [2.75, 3.05) is 13.1 Å². The predicted octanol–water partition coefficient (Wildman–Crippen LogP) is 0.838. The van der Waals surface area contributed by atoms with Crippen LogP contribution in [0.5, 0.6) is 0 Å². The quantitative estimate of drug-likeness (QED) is 0.711. The third kappa shape index (κ3) is 1.65. The van der Waals surface area contributed by atoms with Crippen LogP contribution in [0.4, 0.5) is 0 Å². The van der Waals surface area contributed by atoms with E-state index in [0.717, 1.165) is 13.1 Å². The summed E-state index contributed by atoms with van der Waals surface area (Å²) in [4.78, 5) is 13.8. The molecule has 1 amide bonds. The van der Waals surface area contributed by atoms with Gasteiger partial charge in [0.25, 0.3) is 0 Å². The van der Waals surface area contributed by atoms with Crippen LogP contribution in [-0.2, 0) is 4.79 Å². The van der Waals surface area contributed by atoms with Gasteiger partial charge in [-0.3, -0.25) is 4.79 Å². The molecule has 2 aliphatic heterocycles. The molecule has 80 valence electrons. The molecule has 3 rings (SSSR count). The van der Waals surface area contributed by atoms with Crippen molar-refractivity contribution in [2.45, 2.75) is 32.7 Å². The fraction of sp³-hybridized carbons (Fsp3) is 0.909. The van der Waals surface area contributed by atoms with Gasteiger partial charge in [-0.1, -0.05) is 13.8 Å². The molecule has 0 aromatic rings. The normalized spacial score (nSPS) is 35.7. The van der Waals surface area contributed by atoms with Gasteiger partial charge < -0.3 is 10.6 Å². The lowest BCUT2D eigenvalue weighted by Gasteiger charge is -2.52. The van der Waals surface area contributed by atoms with E-state index in [0.29, 0.717) is 36.1 Å². The Bertz CT molecular complexity index is 227. The minimum Gasteiger partial charge on any atom is -0.342 e. The Hall–Kier alpha value is -0.570. The summed E-state index contributed by atoms with van der Waals surface area (Å²) in [5.41, 5.74) is 5.95. The van der Waals surface area contributed by atoms with Crippen molar-refractivity contribution in [3.63, 3.8) is 0 Å². The molecule has 0 radical (unpaired) electrons. The number of hydrogen-bond donors (Lipinski definition) is 1. The summed E-state index contributed by atoms with van der Waals surface area (Å²) in [6.07, 6.45) is 1.93. The average Bonchev–Trinajstić information content (AvgIpc) is 2.16. The van der Waals surface area contributed by atoms with Crippen LogP contribution in [-0.4, -0.2) is 29.9 Å². The van der Waals surface area contributed by atoms with Crippen molar-refractivity contribution >= 4 is 5.91 Å². The number of amides is 1. The van der Waals surface area contributed by atoms with Gasteiger partial charge in [0, 0.05) is 25.6 Å². The highest BCUT2D eigenvalue weighted by Crippen LogP contribution is 2.38. The van der Waals surface area contributed by atoms with Gasteiger partial charge in [-0.25, -0.2) is 0 Å². The van der Waals surface area contributed by atoms with Crippen molar-refractivity contribution in [2.24, 2.45) is 23.5 Å². The first-order valence-electron chi connectivity index (χ1n) is 5.61. The summed E-state index contributed by atoms with van der Waals surface area (Å²) in [7, 11) is 0. The molecule has 0 aromatic heterocycles. The second-order valence-corrected chi connectivity index (χ2v) is 5.23. The van der Waals surface area contributed by atoms with E-state index in [2.05, 4.69) is 13.8 Å². The van der Waals surface area contributed by atoms with Crippen LogP contribution in [0.3, 0.4) is 0 Å². The highest BCUT2D eigenvalue weighted by Gasteiger charge is 2.45. The van der Waals surface area contributed by atoms with Crippen LogP contribution in [0, 0.1) is 17.8 Å². The summed E-state index contributed by atoms with van der Waals surface area (Å²) in [6, 6.07) is 0.373. The molecule has 3 heteroatoms. The van der Waals surface area contributed by atoms with Gasteiger partial charge in [0.15, 0.2) is 0 Å². The summed E-state index contributed by atoms with van der Waals surface area (Å²) in [5.74, 6) is 1.96. The second kappa shape index (κ2) is 3.54. The molecule has 1 aliphatic carbocycles. The zero-order valence-corrected chi connectivity index (χ0v) is 9.07. The molecule has 3 aliphatic rings. The molecule has 2 saturated heterocycles. The SMILES string of the molecule is CC(C)CC(=O)N1CC2CC(C1)C2N. The Kier molecular flexibility index (Phi) is 2.52. The molecule has 2 heterocycles. The van der Waals surface area contributed by atoms with Crippen LogP contribution in [0.25, 0.3) is 0 Å². The standard InChI is InChI=1S/C11H20N2O/c1-7(2)3-10(14)13-5-8-4-9(6-13)11(8)12/h7-9,11H,3-6,12H2,1-2H3. The van der Waals surface area contributed by atoms with Crippen LogP contribution in [0.15, 0.2) is 0 Å². The van der Waals surface area contributed by atoms with Crippen LogP contribution in [0.2, 0.25) is 0 Å². The molecule has 3 nitrogen and oxygen atoms in total. The van der Waals surface area contributed by atoms with Gasteiger partial charge in [-0.15, -0.1) is 0 Å². The number of carbonyl (C=O) groups is 1. The molecule has 1 saturated carbocycles. The molecule has 2 bridgehead atoms. The summed E-state index contributed by atoms with van der Waals surface area (Å²) < 4.78 is 0. The number of hydrogen-bond acceptors (Lipinski definition) is 2. The lowest BCUT2D eigenvalue weighted by Crippen LogP contribution is -2.63. The number of carbonyl (C=O) groups excluding carboxylic acids is 1. The Morgan fingerprint density at radius 2 is 2.00 bits per heavy atom. The number of nitrogens with two attached hydrogens (primary N) is 1. The second-order valence-electron chi connectivity index (χ2n) is 5.23. The van der Waals surface area contributed by atoms with Crippen LogP contribution in [0.1, 0.15) is 26.7 Å². The van der Waals surface area contributed by atoms with Gasteiger partial charge in [0.1, 0.15) is 0 Å². The van der Waals surface area contributed by atoms with Crippen molar-refractivity contribution in [1.82, 2.24) is 4.90 Å². The van der Waals surface area contributed by atoms with E-state index in [1.807, 2.05) is 4.90 Å². The highest BCUT2D eigenvalue weighted by molar-refractivity contribution is 5.76. The molecule has 0 spiro atoms. The van der Waals surface area contributed by atoms with Gasteiger partial charge in [0.05, 0.1) is 0 Å². The molecular weight excluding hydrogens is 176 g/mol. The summed E-state index contributed by atoms with van der Waals surface area (Å²) >= 11 is 0. The zero-order valence-electron chi connectivity index (χ0n) is 9.07. The third-order valence-electron chi connectivity index (χ3n) is 3.54. The van der Waals surface area contributed by atoms with Crippen molar-refractivity contribution in [3.05, 3.63) is 0 Å². The van der Waals surface area contributed by atoms with Crippen molar-refractivity contribution in [3.8, 4) is 0 Å². The first-order valence-corrected chi connectivity index (χ1v) is 5.61. The van der Waals surface area contributed by atoms with E-state index in [4.69, 9.17) is 5.73 Å². The Morgan fingerprint density at radius 1 is 1.43 bits per heavy atom. The van der Waals surface area contributed by atoms with Gasteiger partial charge in [0.2, 0.25) is 5.91 Å². The molecule has 3 fully saturated rings. The maximum absolute atomic E-state index is 11.8. The molecule has 14 heavy (non-hydrogen) atoms.